The van der Waals surface area contributed by atoms with Crippen molar-refractivity contribution in [2.75, 3.05) is 13.7 Å². The van der Waals surface area contributed by atoms with Crippen LogP contribution in [0.2, 0.25) is 0 Å². The van der Waals surface area contributed by atoms with E-state index < -0.39 is 0 Å². The smallest absolute Gasteiger partial charge is 0.192 e. The van der Waals surface area contributed by atoms with Crippen LogP contribution in [0.4, 0.5) is 0 Å². The molecule has 0 saturated carbocycles. The van der Waals surface area contributed by atoms with Gasteiger partial charge in [0.05, 0.1) is 0 Å². The van der Waals surface area contributed by atoms with Crippen molar-refractivity contribution in [2.45, 2.75) is 13.5 Å². The van der Waals surface area contributed by atoms with E-state index in [1.165, 1.54) is 5.56 Å². The second-order valence-electron chi connectivity index (χ2n) is 3.49. The third-order valence-electron chi connectivity index (χ3n) is 2.19. The predicted molar refractivity (Wildman–Crippen MR) is 59.5 cm³/mol. The molecule has 1 aromatic heterocycles. The quantitative estimate of drug-likeness (QED) is 0.585. The summed E-state index contributed by atoms with van der Waals surface area (Å²) in [5, 5.41) is 6.28. The molecule has 0 aliphatic carbocycles. The first-order valence-electron chi connectivity index (χ1n) is 5.01. The van der Waals surface area contributed by atoms with Crippen molar-refractivity contribution in [3.63, 3.8) is 0 Å². The van der Waals surface area contributed by atoms with Gasteiger partial charge in [0.2, 0.25) is 0 Å². The Bertz CT molecular complexity index is 450. The van der Waals surface area contributed by atoms with Gasteiger partial charge in [-0.3, -0.25) is 0 Å². The van der Waals surface area contributed by atoms with Crippen LogP contribution >= 0.6 is 0 Å². The van der Waals surface area contributed by atoms with E-state index in [1.807, 2.05) is 26.1 Å². The summed E-state index contributed by atoms with van der Waals surface area (Å²) in [6.45, 7) is 3.49. The Morgan fingerprint density at radius 3 is 3.07 bits per heavy atom. The molecule has 0 unspecified atom stereocenters. The fourth-order valence-electron chi connectivity index (χ4n) is 1.53. The van der Waals surface area contributed by atoms with Crippen molar-refractivity contribution in [1.82, 2.24) is 15.6 Å². The van der Waals surface area contributed by atoms with Gasteiger partial charge in [-0.15, -0.1) is 0 Å². The van der Waals surface area contributed by atoms with Gasteiger partial charge in [0, 0.05) is 20.1 Å². The molecule has 0 aliphatic heterocycles. The van der Waals surface area contributed by atoms with Crippen molar-refractivity contribution in [3.8, 4) is 0 Å². The lowest BCUT2D eigenvalue weighted by atomic mass is 10.2. The Hall–Kier alpha value is -1.39. The molecule has 0 spiro atoms. The first kappa shape index (κ1) is 10.1. The number of aryl methyl sites for hydroxylation is 1. The second kappa shape index (κ2) is 4.42. The van der Waals surface area contributed by atoms with Crippen LogP contribution in [0.25, 0.3) is 11.1 Å². The maximum atomic E-state index is 5.46. The standard InChI is InChI=1S/C11H15N3O/c1-8-14-10-4-3-9(5-11(10)15-8)6-13-7-12-2/h3-5,12-13H,6-7H2,1-2H3. The highest BCUT2D eigenvalue weighted by Crippen LogP contribution is 2.16. The van der Waals surface area contributed by atoms with E-state index in [0.29, 0.717) is 5.89 Å². The highest BCUT2D eigenvalue weighted by atomic mass is 16.3. The monoisotopic (exact) mass is 205 g/mol. The highest BCUT2D eigenvalue weighted by Gasteiger charge is 2.02. The van der Waals surface area contributed by atoms with E-state index in [4.69, 9.17) is 4.42 Å². The van der Waals surface area contributed by atoms with Crippen LogP contribution in [0.15, 0.2) is 22.6 Å². The Balaban J connectivity index is 2.15. The summed E-state index contributed by atoms with van der Waals surface area (Å²) in [7, 11) is 1.91. The van der Waals surface area contributed by atoms with Gasteiger partial charge in [0.15, 0.2) is 11.5 Å². The third kappa shape index (κ3) is 2.34. The zero-order chi connectivity index (χ0) is 10.7. The molecule has 1 heterocycles. The molecule has 0 radical (unpaired) electrons. The normalized spacial score (nSPS) is 11.1. The fraction of sp³-hybridized carbons (Fsp3) is 0.364. The van der Waals surface area contributed by atoms with Gasteiger partial charge in [-0.05, 0) is 24.7 Å². The molecule has 0 amide bonds. The van der Waals surface area contributed by atoms with Crippen molar-refractivity contribution in [3.05, 3.63) is 29.7 Å². The summed E-state index contributed by atoms with van der Waals surface area (Å²) >= 11 is 0. The Labute approximate surface area is 88.7 Å². The number of hydrogen-bond donors (Lipinski definition) is 2. The molecule has 80 valence electrons. The van der Waals surface area contributed by atoms with Crippen molar-refractivity contribution in [1.29, 1.82) is 0 Å². The number of benzene rings is 1. The molecule has 0 bridgehead atoms. The summed E-state index contributed by atoms with van der Waals surface area (Å²) in [5.74, 6) is 0.713. The molecule has 4 nitrogen and oxygen atoms in total. The summed E-state index contributed by atoms with van der Waals surface area (Å²) in [6, 6.07) is 6.08. The van der Waals surface area contributed by atoms with Crippen molar-refractivity contribution in [2.24, 2.45) is 0 Å². The second-order valence-corrected chi connectivity index (χ2v) is 3.49. The Morgan fingerprint density at radius 1 is 1.40 bits per heavy atom. The van der Waals surface area contributed by atoms with Crippen LogP contribution in [0.3, 0.4) is 0 Å². The minimum absolute atomic E-state index is 0.713. The highest BCUT2D eigenvalue weighted by molar-refractivity contribution is 5.73. The van der Waals surface area contributed by atoms with Crippen LogP contribution in [-0.2, 0) is 6.54 Å². The summed E-state index contributed by atoms with van der Waals surface area (Å²) in [6.07, 6.45) is 0. The topological polar surface area (TPSA) is 50.1 Å². The van der Waals surface area contributed by atoms with Gasteiger partial charge in [-0.2, -0.15) is 0 Å². The number of nitrogens with one attached hydrogen (secondary N) is 2. The van der Waals surface area contributed by atoms with E-state index >= 15 is 0 Å². The molecule has 2 rings (SSSR count). The third-order valence-corrected chi connectivity index (χ3v) is 2.19. The van der Waals surface area contributed by atoms with Crippen molar-refractivity contribution < 1.29 is 4.42 Å². The van der Waals surface area contributed by atoms with E-state index in [-0.39, 0.29) is 0 Å². The van der Waals surface area contributed by atoms with Gasteiger partial charge < -0.3 is 15.1 Å². The number of aromatic nitrogens is 1. The van der Waals surface area contributed by atoms with Crippen LogP contribution in [0.5, 0.6) is 0 Å². The summed E-state index contributed by atoms with van der Waals surface area (Å²) in [4.78, 5) is 4.25. The molecule has 1 aromatic carbocycles. The molecule has 0 atom stereocenters. The first-order chi connectivity index (χ1) is 7.29. The number of fused-ring (bicyclic) bond motifs is 1. The number of hydrogen-bond acceptors (Lipinski definition) is 4. The average molecular weight is 205 g/mol. The zero-order valence-corrected chi connectivity index (χ0v) is 9.00. The zero-order valence-electron chi connectivity index (χ0n) is 9.00. The molecular formula is C11H15N3O. The van der Waals surface area contributed by atoms with E-state index in [9.17, 15) is 0 Å². The van der Waals surface area contributed by atoms with Crippen LogP contribution in [-0.4, -0.2) is 18.7 Å². The molecule has 2 aromatic rings. The van der Waals surface area contributed by atoms with Gasteiger partial charge >= 0.3 is 0 Å². The Kier molecular flexibility index (Phi) is 2.99. The lowest BCUT2D eigenvalue weighted by molar-refractivity contribution is 0.560. The van der Waals surface area contributed by atoms with Gasteiger partial charge in [-0.1, -0.05) is 6.07 Å². The van der Waals surface area contributed by atoms with Crippen molar-refractivity contribution >= 4 is 11.1 Å². The molecule has 2 N–H and O–H groups in total. The fourth-order valence-corrected chi connectivity index (χ4v) is 1.53. The Morgan fingerprint density at radius 2 is 2.27 bits per heavy atom. The SMILES string of the molecule is CNCNCc1ccc2nc(C)oc2c1. The van der Waals surface area contributed by atoms with E-state index in [0.717, 1.165) is 24.3 Å². The molecule has 0 saturated heterocycles. The van der Waals surface area contributed by atoms with Crippen LogP contribution < -0.4 is 10.6 Å². The summed E-state index contributed by atoms with van der Waals surface area (Å²) in [5.41, 5.74) is 2.98. The maximum absolute atomic E-state index is 5.46. The molecule has 4 heteroatoms. The minimum Gasteiger partial charge on any atom is -0.441 e. The predicted octanol–water partition coefficient (Wildman–Crippen LogP) is 1.40. The lowest BCUT2D eigenvalue weighted by Gasteiger charge is -2.02. The van der Waals surface area contributed by atoms with Crippen LogP contribution in [0, 0.1) is 6.92 Å². The number of oxazole rings is 1. The van der Waals surface area contributed by atoms with Gasteiger partial charge in [0.25, 0.3) is 0 Å². The van der Waals surface area contributed by atoms with Gasteiger partial charge in [0.1, 0.15) is 5.52 Å². The maximum Gasteiger partial charge on any atom is 0.192 e. The minimum atomic E-state index is 0.713. The van der Waals surface area contributed by atoms with E-state index in [1.54, 1.807) is 0 Å². The van der Waals surface area contributed by atoms with Crippen LogP contribution in [0.1, 0.15) is 11.5 Å². The number of rotatable bonds is 4. The number of nitrogens with zero attached hydrogens (tertiary/aromatic N) is 1. The lowest BCUT2D eigenvalue weighted by Crippen LogP contribution is -2.25. The average Bonchev–Trinajstić information content (AvgIpc) is 2.57. The molecule has 15 heavy (non-hydrogen) atoms. The van der Waals surface area contributed by atoms with E-state index in [2.05, 4.69) is 21.7 Å². The first-order valence-corrected chi connectivity index (χ1v) is 5.01. The van der Waals surface area contributed by atoms with Gasteiger partial charge in [-0.25, -0.2) is 4.98 Å². The largest absolute Gasteiger partial charge is 0.441 e. The molecule has 0 aliphatic rings. The molecule has 0 fully saturated rings. The summed E-state index contributed by atoms with van der Waals surface area (Å²) < 4.78 is 5.46. The molecular weight excluding hydrogens is 190 g/mol.